The fourth-order valence-corrected chi connectivity index (χ4v) is 1.84. The number of urea groups is 1. The third kappa shape index (κ3) is 4.49. The summed E-state index contributed by atoms with van der Waals surface area (Å²) in [4.78, 5) is 11.7. The molecule has 0 saturated carbocycles. The van der Waals surface area contributed by atoms with Crippen LogP contribution in [-0.2, 0) is 11.8 Å². The van der Waals surface area contributed by atoms with E-state index in [9.17, 15) is 23.1 Å². The summed E-state index contributed by atoms with van der Waals surface area (Å²) >= 11 is 0. The van der Waals surface area contributed by atoms with Crippen LogP contribution in [0.25, 0.3) is 0 Å². The maximum atomic E-state index is 12.4. The SMILES string of the molecule is C[C@](O)(CNC(=O)Nc1ccc(C(F)(F)F)cc1)c1ccco1. The van der Waals surface area contributed by atoms with Gasteiger partial charge in [-0.15, -0.1) is 0 Å². The smallest absolute Gasteiger partial charge is 0.416 e. The molecule has 23 heavy (non-hydrogen) atoms. The summed E-state index contributed by atoms with van der Waals surface area (Å²) < 4.78 is 42.4. The van der Waals surface area contributed by atoms with Gasteiger partial charge in [0.2, 0.25) is 0 Å². The summed E-state index contributed by atoms with van der Waals surface area (Å²) in [6.07, 6.45) is -3.03. The zero-order valence-electron chi connectivity index (χ0n) is 12.1. The van der Waals surface area contributed by atoms with E-state index in [1.54, 1.807) is 12.1 Å². The highest BCUT2D eigenvalue weighted by Crippen LogP contribution is 2.29. The van der Waals surface area contributed by atoms with Crippen LogP contribution in [0.1, 0.15) is 18.2 Å². The van der Waals surface area contributed by atoms with Crippen LogP contribution >= 0.6 is 0 Å². The van der Waals surface area contributed by atoms with Crippen LogP contribution in [0.4, 0.5) is 23.7 Å². The molecule has 0 spiro atoms. The second kappa shape index (κ2) is 6.33. The summed E-state index contributed by atoms with van der Waals surface area (Å²) in [5.41, 5.74) is -2.00. The van der Waals surface area contributed by atoms with Crippen LogP contribution < -0.4 is 10.6 Å². The number of carbonyl (C=O) groups excluding carboxylic acids is 1. The first-order chi connectivity index (χ1) is 10.7. The molecule has 0 saturated heterocycles. The number of carbonyl (C=O) groups is 1. The minimum Gasteiger partial charge on any atom is -0.466 e. The lowest BCUT2D eigenvalue weighted by atomic mass is 10.0. The van der Waals surface area contributed by atoms with Gasteiger partial charge < -0.3 is 20.2 Å². The fraction of sp³-hybridized carbons (Fsp3) is 0.267. The molecule has 1 aromatic heterocycles. The highest BCUT2D eigenvalue weighted by Gasteiger charge is 2.30. The van der Waals surface area contributed by atoms with Crippen molar-refractivity contribution in [2.45, 2.75) is 18.7 Å². The van der Waals surface area contributed by atoms with Gasteiger partial charge in [0.25, 0.3) is 0 Å². The molecule has 1 aromatic carbocycles. The van der Waals surface area contributed by atoms with Crippen molar-refractivity contribution in [2.75, 3.05) is 11.9 Å². The first-order valence-electron chi connectivity index (χ1n) is 6.67. The lowest BCUT2D eigenvalue weighted by molar-refractivity contribution is -0.137. The predicted octanol–water partition coefficient (Wildman–Crippen LogP) is 3.33. The highest BCUT2D eigenvalue weighted by molar-refractivity contribution is 5.89. The second-order valence-corrected chi connectivity index (χ2v) is 5.13. The van der Waals surface area contributed by atoms with Gasteiger partial charge in [-0.25, -0.2) is 4.79 Å². The van der Waals surface area contributed by atoms with Gasteiger partial charge in [-0.05, 0) is 43.3 Å². The molecule has 3 N–H and O–H groups in total. The van der Waals surface area contributed by atoms with Crippen molar-refractivity contribution >= 4 is 11.7 Å². The normalized spacial score (nSPS) is 14.1. The van der Waals surface area contributed by atoms with E-state index in [2.05, 4.69) is 10.6 Å². The zero-order chi connectivity index (χ0) is 17.1. The van der Waals surface area contributed by atoms with Crippen molar-refractivity contribution < 1.29 is 27.5 Å². The van der Waals surface area contributed by atoms with E-state index in [4.69, 9.17) is 4.42 Å². The number of amides is 2. The number of hydrogen-bond donors (Lipinski definition) is 3. The molecular weight excluding hydrogens is 313 g/mol. The monoisotopic (exact) mass is 328 g/mol. The Balaban J connectivity index is 1.90. The first kappa shape index (κ1) is 16.9. The van der Waals surface area contributed by atoms with Crippen molar-refractivity contribution in [3.63, 3.8) is 0 Å². The van der Waals surface area contributed by atoms with Crippen molar-refractivity contribution in [1.29, 1.82) is 0 Å². The van der Waals surface area contributed by atoms with Crippen LogP contribution in [0.2, 0.25) is 0 Å². The van der Waals surface area contributed by atoms with Crippen molar-refractivity contribution in [2.24, 2.45) is 0 Å². The van der Waals surface area contributed by atoms with E-state index >= 15 is 0 Å². The summed E-state index contributed by atoms with van der Waals surface area (Å²) in [5.74, 6) is 0.285. The molecule has 2 aromatic rings. The molecule has 0 unspecified atom stereocenters. The molecule has 0 fully saturated rings. The summed E-state index contributed by atoms with van der Waals surface area (Å²) in [6.45, 7) is 1.33. The van der Waals surface area contributed by atoms with Crippen molar-refractivity contribution in [1.82, 2.24) is 5.32 Å². The highest BCUT2D eigenvalue weighted by atomic mass is 19.4. The Bertz CT molecular complexity index is 650. The first-order valence-corrected chi connectivity index (χ1v) is 6.67. The van der Waals surface area contributed by atoms with E-state index in [0.717, 1.165) is 24.3 Å². The molecular formula is C15H15F3N2O3. The molecule has 8 heteroatoms. The van der Waals surface area contributed by atoms with E-state index in [1.807, 2.05) is 0 Å². The second-order valence-electron chi connectivity index (χ2n) is 5.13. The largest absolute Gasteiger partial charge is 0.466 e. The Morgan fingerprint density at radius 2 is 1.87 bits per heavy atom. The lowest BCUT2D eigenvalue weighted by Gasteiger charge is -2.21. The van der Waals surface area contributed by atoms with Gasteiger partial charge in [0.1, 0.15) is 11.4 Å². The molecule has 0 bridgehead atoms. The Kier molecular flexibility index (Phi) is 4.65. The molecule has 0 radical (unpaired) electrons. The third-order valence-electron chi connectivity index (χ3n) is 3.12. The Hall–Kier alpha value is -2.48. The molecule has 5 nitrogen and oxygen atoms in total. The molecule has 124 valence electrons. The average Bonchev–Trinajstić information content (AvgIpc) is 3.00. The molecule has 0 aliphatic carbocycles. The van der Waals surface area contributed by atoms with Crippen LogP contribution in [0, 0.1) is 0 Å². The lowest BCUT2D eigenvalue weighted by Crippen LogP contribution is -2.40. The Labute approximate surface area is 130 Å². The third-order valence-corrected chi connectivity index (χ3v) is 3.12. The topological polar surface area (TPSA) is 74.5 Å². The minimum atomic E-state index is -4.43. The van der Waals surface area contributed by atoms with Gasteiger partial charge >= 0.3 is 12.2 Å². The fourth-order valence-electron chi connectivity index (χ4n) is 1.84. The number of nitrogens with one attached hydrogen (secondary N) is 2. The van der Waals surface area contributed by atoms with Crippen molar-refractivity contribution in [3.05, 3.63) is 54.0 Å². The van der Waals surface area contributed by atoms with Gasteiger partial charge in [0.05, 0.1) is 18.4 Å². The van der Waals surface area contributed by atoms with Crippen LogP contribution in [0.3, 0.4) is 0 Å². The standard InChI is InChI=1S/C15H15F3N2O3/c1-14(22,12-3-2-8-23-12)9-19-13(21)20-11-6-4-10(5-7-11)15(16,17)18/h2-8,22H,9H2,1H3,(H2,19,20,21)/t14-/m0/s1. The molecule has 0 aliphatic rings. The number of hydrogen-bond acceptors (Lipinski definition) is 3. The van der Waals surface area contributed by atoms with E-state index in [-0.39, 0.29) is 18.0 Å². The Morgan fingerprint density at radius 3 is 2.39 bits per heavy atom. The number of furan rings is 1. The molecule has 0 aliphatic heterocycles. The number of rotatable bonds is 4. The quantitative estimate of drug-likeness (QED) is 0.806. The summed E-state index contributed by atoms with van der Waals surface area (Å²) in [7, 11) is 0. The zero-order valence-corrected chi connectivity index (χ0v) is 12.1. The summed E-state index contributed by atoms with van der Waals surface area (Å²) in [5, 5.41) is 15.0. The number of anilines is 1. The van der Waals surface area contributed by atoms with Crippen molar-refractivity contribution in [3.8, 4) is 0 Å². The van der Waals surface area contributed by atoms with E-state index < -0.39 is 23.4 Å². The maximum Gasteiger partial charge on any atom is 0.416 e. The van der Waals surface area contributed by atoms with Gasteiger partial charge in [0, 0.05) is 5.69 Å². The van der Waals surface area contributed by atoms with Gasteiger partial charge in [0.15, 0.2) is 0 Å². The number of alkyl halides is 3. The maximum absolute atomic E-state index is 12.4. The van der Waals surface area contributed by atoms with Crippen LogP contribution in [0.15, 0.2) is 47.1 Å². The minimum absolute atomic E-state index is 0.132. The van der Waals surface area contributed by atoms with Gasteiger partial charge in [-0.2, -0.15) is 13.2 Å². The Morgan fingerprint density at radius 1 is 1.22 bits per heavy atom. The predicted molar refractivity (Wildman–Crippen MR) is 76.7 cm³/mol. The summed E-state index contributed by atoms with van der Waals surface area (Å²) in [6, 6.07) is 6.54. The number of halogens is 3. The van der Waals surface area contributed by atoms with E-state index in [1.165, 1.54) is 13.2 Å². The number of benzene rings is 1. The molecule has 1 heterocycles. The van der Waals surface area contributed by atoms with Gasteiger partial charge in [-0.3, -0.25) is 0 Å². The average molecular weight is 328 g/mol. The van der Waals surface area contributed by atoms with Crippen LogP contribution in [0.5, 0.6) is 0 Å². The number of aliphatic hydroxyl groups is 1. The molecule has 2 amide bonds. The van der Waals surface area contributed by atoms with Gasteiger partial charge in [-0.1, -0.05) is 0 Å². The van der Waals surface area contributed by atoms with Crippen LogP contribution in [-0.4, -0.2) is 17.7 Å². The molecule has 2 rings (SSSR count). The van der Waals surface area contributed by atoms with E-state index in [0.29, 0.717) is 0 Å². The molecule has 1 atom stereocenters.